The number of pyridine rings is 1. The number of aliphatic hydroxyl groups is 2. The number of fused-ring (bicyclic) bond motifs is 1. The van der Waals surface area contributed by atoms with E-state index in [-0.39, 0.29) is 50.0 Å². The molecule has 164 valence electrons. The van der Waals surface area contributed by atoms with E-state index >= 15 is 0 Å². The second-order valence-corrected chi connectivity index (χ2v) is 8.00. The van der Waals surface area contributed by atoms with Gasteiger partial charge < -0.3 is 15.3 Å². The first-order chi connectivity index (χ1) is 14.9. The summed E-state index contributed by atoms with van der Waals surface area (Å²) < 4.78 is 13.6. The SMILES string of the molecule is O=C(O)C[C@H](O)C[C@H](O)C=Cc1c(C2CC2)nc2ccccc2c1-c1ccc(F)cc1.[CaH2]. The van der Waals surface area contributed by atoms with Gasteiger partial charge in [-0.05, 0) is 36.6 Å². The first-order valence-electron chi connectivity index (χ1n) is 10.4. The van der Waals surface area contributed by atoms with E-state index in [9.17, 15) is 19.4 Å². The Balaban J connectivity index is 0.00000289. The number of para-hydroxylation sites is 1. The molecule has 7 heteroatoms. The van der Waals surface area contributed by atoms with E-state index < -0.39 is 24.6 Å². The summed E-state index contributed by atoms with van der Waals surface area (Å²) in [4.78, 5) is 15.6. The molecule has 1 fully saturated rings. The molecule has 0 spiro atoms. The van der Waals surface area contributed by atoms with Crippen LogP contribution in [0.1, 0.15) is 42.9 Å². The van der Waals surface area contributed by atoms with E-state index in [1.807, 2.05) is 24.3 Å². The Hall–Kier alpha value is -1.83. The van der Waals surface area contributed by atoms with Gasteiger partial charge >= 0.3 is 43.7 Å². The van der Waals surface area contributed by atoms with Gasteiger partial charge in [-0.15, -0.1) is 0 Å². The molecule has 0 radical (unpaired) electrons. The van der Waals surface area contributed by atoms with E-state index in [0.29, 0.717) is 5.92 Å². The van der Waals surface area contributed by atoms with Gasteiger partial charge in [0.1, 0.15) is 5.82 Å². The molecule has 1 saturated carbocycles. The number of halogens is 1. The van der Waals surface area contributed by atoms with Gasteiger partial charge in [-0.1, -0.05) is 42.5 Å². The monoisotopic (exact) mass is 463 g/mol. The molecule has 3 aromatic rings. The van der Waals surface area contributed by atoms with Gasteiger partial charge in [-0.2, -0.15) is 0 Å². The summed E-state index contributed by atoms with van der Waals surface area (Å²) in [6.07, 6.45) is 2.80. The molecule has 32 heavy (non-hydrogen) atoms. The van der Waals surface area contributed by atoms with Gasteiger partial charge in [0.15, 0.2) is 0 Å². The predicted octanol–water partition coefficient (Wildman–Crippen LogP) is 3.60. The summed E-state index contributed by atoms with van der Waals surface area (Å²) >= 11 is 0. The van der Waals surface area contributed by atoms with Crippen molar-refractivity contribution in [2.24, 2.45) is 0 Å². The zero-order chi connectivity index (χ0) is 22.0. The Morgan fingerprint density at radius 3 is 2.47 bits per heavy atom. The third-order valence-electron chi connectivity index (χ3n) is 5.47. The summed E-state index contributed by atoms with van der Waals surface area (Å²) in [6.45, 7) is 0. The van der Waals surface area contributed by atoms with Crippen LogP contribution in [-0.2, 0) is 4.79 Å². The number of aliphatic carboxylic acids is 1. The van der Waals surface area contributed by atoms with Crippen molar-refractivity contribution in [2.75, 3.05) is 0 Å². The Bertz CT molecular complexity index is 1130. The normalized spacial score (nSPS) is 15.5. The van der Waals surface area contributed by atoms with Crippen molar-refractivity contribution in [3.63, 3.8) is 0 Å². The van der Waals surface area contributed by atoms with Crippen molar-refractivity contribution in [3.8, 4) is 11.1 Å². The van der Waals surface area contributed by atoms with E-state index in [4.69, 9.17) is 10.1 Å². The second-order valence-electron chi connectivity index (χ2n) is 8.00. The minimum absolute atomic E-state index is 0. The van der Waals surface area contributed by atoms with Gasteiger partial charge in [0.25, 0.3) is 0 Å². The molecule has 0 saturated heterocycles. The quantitative estimate of drug-likeness (QED) is 0.444. The average Bonchev–Trinajstić information content (AvgIpc) is 3.56. The molecule has 1 aromatic heterocycles. The Morgan fingerprint density at radius 2 is 1.81 bits per heavy atom. The van der Waals surface area contributed by atoms with Crippen molar-refractivity contribution < 1.29 is 24.5 Å². The van der Waals surface area contributed by atoms with Crippen LogP contribution in [0, 0.1) is 5.82 Å². The van der Waals surface area contributed by atoms with E-state index in [1.54, 1.807) is 24.3 Å². The summed E-state index contributed by atoms with van der Waals surface area (Å²) in [7, 11) is 0. The van der Waals surface area contributed by atoms with Crippen LogP contribution >= 0.6 is 0 Å². The first kappa shape index (κ1) is 24.8. The molecular formula is C25H26CaFNO4. The van der Waals surface area contributed by atoms with Crippen LogP contribution in [0.25, 0.3) is 28.1 Å². The van der Waals surface area contributed by atoms with Crippen LogP contribution in [0.4, 0.5) is 4.39 Å². The van der Waals surface area contributed by atoms with Gasteiger partial charge in [-0.25, -0.2) is 4.39 Å². The minimum atomic E-state index is -1.13. The molecule has 0 bridgehead atoms. The van der Waals surface area contributed by atoms with Crippen LogP contribution < -0.4 is 0 Å². The van der Waals surface area contributed by atoms with E-state index in [0.717, 1.165) is 46.1 Å². The number of aliphatic hydroxyl groups excluding tert-OH is 2. The third-order valence-corrected chi connectivity index (χ3v) is 5.47. The van der Waals surface area contributed by atoms with Crippen molar-refractivity contribution >= 4 is 60.7 Å². The average molecular weight is 464 g/mol. The number of hydrogen-bond acceptors (Lipinski definition) is 4. The number of nitrogens with zero attached hydrogens (tertiary/aromatic N) is 1. The van der Waals surface area contributed by atoms with Crippen LogP contribution in [0.15, 0.2) is 54.6 Å². The standard InChI is InChI=1S/C25H24FNO4.Ca.2H/c26-17-9-7-15(8-10-17)24-20-3-1-2-4-22(20)27-25(16-5-6-16)21(24)12-11-18(28)13-19(29)14-23(30)31;;;/h1-4,7-12,16,18-19,28-29H,5-6,13-14H2,(H,30,31);;;/t18-,19-;;;/m1.../s1. The molecule has 0 amide bonds. The second kappa shape index (κ2) is 10.9. The molecule has 1 aliphatic rings. The van der Waals surface area contributed by atoms with Crippen LogP contribution in [-0.4, -0.2) is 76.2 Å². The van der Waals surface area contributed by atoms with Crippen LogP contribution in [0.3, 0.4) is 0 Å². The molecule has 1 heterocycles. The Labute approximate surface area is 215 Å². The third kappa shape index (κ3) is 5.94. The van der Waals surface area contributed by atoms with E-state index in [2.05, 4.69) is 0 Å². The number of carboxylic acid groups (broad SMARTS) is 1. The zero-order valence-corrected chi connectivity index (χ0v) is 16.9. The number of hydrogen-bond donors (Lipinski definition) is 3. The van der Waals surface area contributed by atoms with Gasteiger partial charge in [-0.3, -0.25) is 9.78 Å². The molecular weight excluding hydrogens is 437 g/mol. The maximum atomic E-state index is 13.6. The number of carbonyl (C=O) groups is 1. The van der Waals surface area contributed by atoms with Crippen LogP contribution in [0.2, 0.25) is 0 Å². The topological polar surface area (TPSA) is 90.7 Å². The number of rotatable bonds is 8. The fraction of sp³-hybridized carbons (Fsp3) is 0.280. The molecule has 3 N–H and O–H groups in total. The Kier molecular flexibility index (Phi) is 8.42. The molecule has 2 aromatic carbocycles. The number of aromatic nitrogens is 1. The molecule has 5 nitrogen and oxygen atoms in total. The summed E-state index contributed by atoms with van der Waals surface area (Å²) in [5.41, 5.74) is 4.43. The number of benzene rings is 2. The zero-order valence-electron chi connectivity index (χ0n) is 16.9. The van der Waals surface area contributed by atoms with Crippen molar-refractivity contribution in [1.29, 1.82) is 0 Å². The summed E-state index contributed by atoms with van der Waals surface area (Å²) in [5, 5.41) is 29.9. The summed E-state index contributed by atoms with van der Waals surface area (Å²) in [6, 6.07) is 14.1. The Morgan fingerprint density at radius 1 is 1.12 bits per heavy atom. The van der Waals surface area contributed by atoms with Crippen molar-refractivity contribution in [1.82, 2.24) is 4.98 Å². The maximum absolute atomic E-state index is 13.6. The predicted molar refractivity (Wildman–Crippen MR) is 126 cm³/mol. The molecule has 0 aliphatic heterocycles. The van der Waals surface area contributed by atoms with Gasteiger partial charge in [0.05, 0.1) is 29.8 Å². The molecule has 2 atom stereocenters. The van der Waals surface area contributed by atoms with E-state index in [1.165, 1.54) is 12.1 Å². The fourth-order valence-corrected chi connectivity index (χ4v) is 3.86. The van der Waals surface area contributed by atoms with Gasteiger partial charge in [0.2, 0.25) is 0 Å². The first-order valence-corrected chi connectivity index (χ1v) is 10.4. The molecule has 4 rings (SSSR count). The van der Waals surface area contributed by atoms with Crippen molar-refractivity contribution in [2.45, 2.75) is 43.8 Å². The molecule has 0 unspecified atom stereocenters. The number of carboxylic acids is 1. The summed E-state index contributed by atoms with van der Waals surface area (Å²) in [5.74, 6) is -1.10. The fourth-order valence-electron chi connectivity index (χ4n) is 3.86. The molecule has 1 aliphatic carbocycles. The van der Waals surface area contributed by atoms with Gasteiger partial charge in [0, 0.05) is 28.9 Å². The van der Waals surface area contributed by atoms with Crippen LogP contribution in [0.5, 0.6) is 0 Å². The van der Waals surface area contributed by atoms with Crippen molar-refractivity contribution in [3.05, 3.63) is 71.7 Å².